The Morgan fingerprint density at radius 2 is 2.24 bits per heavy atom. The lowest BCUT2D eigenvalue weighted by Crippen LogP contribution is -2.31. The van der Waals surface area contributed by atoms with E-state index in [1.807, 2.05) is 17.9 Å². The Morgan fingerprint density at radius 1 is 1.48 bits per heavy atom. The van der Waals surface area contributed by atoms with Gasteiger partial charge in [-0.2, -0.15) is 0 Å². The summed E-state index contributed by atoms with van der Waals surface area (Å²) in [7, 11) is 0. The van der Waals surface area contributed by atoms with Gasteiger partial charge in [0, 0.05) is 25.4 Å². The second-order valence-corrected chi connectivity index (χ2v) is 6.27. The number of amides is 1. The molecular weight excluding hydrogens is 269 g/mol. The minimum atomic E-state index is -0.354. The third-order valence-corrected chi connectivity index (χ3v) is 4.26. The smallest absolute Gasteiger partial charge is 0.222 e. The largest absolute Gasteiger partial charge is 0.393 e. The van der Waals surface area contributed by atoms with E-state index in [2.05, 4.69) is 0 Å². The number of likely N-dealkylation sites (tertiary alicyclic amines) is 1. The van der Waals surface area contributed by atoms with Crippen molar-refractivity contribution in [1.82, 2.24) is 4.90 Å². The van der Waals surface area contributed by atoms with Gasteiger partial charge in [0.05, 0.1) is 6.10 Å². The summed E-state index contributed by atoms with van der Waals surface area (Å²) >= 11 is 0. The first kappa shape index (κ1) is 16.0. The summed E-state index contributed by atoms with van der Waals surface area (Å²) in [6.45, 7) is 5.19. The molecule has 1 aromatic carbocycles. The lowest BCUT2D eigenvalue weighted by molar-refractivity contribution is -0.131. The number of aliphatic hydroxyl groups excluding tert-OH is 1. The van der Waals surface area contributed by atoms with Gasteiger partial charge in [-0.15, -0.1) is 0 Å². The Balaban J connectivity index is 1.82. The van der Waals surface area contributed by atoms with E-state index in [1.54, 1.807) is 13.0 Å². The van der Waals surface area contributed by atoms with Gasteiger partial charge in [0.25, 0.3) is 0 Å². The fraction of sp³-hybridized carbons (Fsp3) is 0.588. The Labute approximate surface area is 125 Å². The van der Waals surface area contributed by atoms with Crippen LogP contribution in [0.2, 0.25) is 0 Å². The molecule has 1 heterocycles. The Hall–Kier alpha value is -1.42. The molecule has 0 aliphatic carbocycles. The molecule has 0 saturated carbocycles. The first-order valence-electron chi connectivity index (χ1n) is 7.66. The van der Waals surface area contributed by atoms with Crippen LogP contribution in [0.4, 0.5) is 4.39 Å². The first-order valence-corrected chi connectivity index (χ1v) is 7.66. The number of hydrogen-bond donors (Lipinski definition) is 1. The van der Waals surface area contributed by atoms with E-state index in [4.69, 9.17) is 0 Å². The summed E-state index contributed by atoms with van der Waals surface area (Å²) in [6.07, 6.45) is 1.70. The Bertz CT molecular complexity index is 489. The van der Waals surface area contributed by atoms with Crippen LogP contribution >= 0.6 is 0 Å². The number of hydrogen-bond acceptors (Lipinski definition) is 2. The van der Waals surface area contributed by atoms with Crippen LogP contribution in [0.25, 0.3) is 0 Å². The molecule has 1 aliphatic rings. The molecule has 1 saturated heterocycles. The monoisotopic (exact) mass is 293 g/mol. The molecule has 1 aliphatic heterocycles. The van der Waals surface area contributed by atoms with Crippen LogP contribution in [-0.4, -0.2) is 35.1 Å². The van der Waals surface area contributed by atoms with E-state index in [9.17, 15) is 14.3 Å². The average Bonchev–Trinajstić information content (AvgIpc) is 2.88. The van der Waals surface area contributed by atoms with Crippen LogP contribution in [0.5, 0.6) is 0 Å². The fourth-order valence-electron chi connectivity index (χ4n) is 2.97. The third kappa shape index (κ3) is 4.53. The van der Waals surface area contributed by atoms with Crippen LogP contribution < -0.4 is 0 Å². The lowest BCUT2D eigenvalue weighted by Gasteiger charge is -2.20. The van der Waals surface area contributed by atoms with Crippen molar-refractivity contribution >= 4 is 5.91 Å². The van der Waals surface area contributed by atoms with E-state index in [0.29, 0.717) is 19.4 Å². The summed E-state index contributed by atoms with van der Waals surface area (Å²) in [5.74, 6) is 0.296. The fourth-order valence-corrected chi connectivity index (χ4v) is 2.97. The van der Waals surface area contributed by atoms with Crippen molar-refractivity contribution in [1.29, 1.82) is 0 Å². The molecule has 1 amide bonds. The number of benzene rings is 1. The summed E-state index contributed by atoms with van der Waals surface area (Å²) < 4.78 is 13.1. The van der Waals surface area contributed by atoms with Crippen LogP contribution in [-0.2, 0) is 11.2 Å². The number of nitrogens with zero attached hydrogens (tertiary/aromatic N) is 1. The molecule has 0 spiro atoms. The van der Waals surface area contributed by atoms with Gasteiger partial charge in [0.1, 0.15) is 5.82 Å². The maximum absolute atomic E-state index is 13.1. The van der Waals surface area contributed by atoms with Gasteiger partial charge < -0.3 is 10.0 Å². The second-order valence-electron chi connectivity index (χ2n) is 6.27. The molecule has 116 valence electrons. The minimum absolute atomic E-state index is 0.141. The number of rotatable bonds is 5. The summed E-state index contributed by atoms with van der Waals surface area (Å²) in [5.41, 5.74) is 0.929. The molecule has 3 unspecified atom stereocenters. The molecule has 3 nitrogen and oxygen atoms in total. The molecule has 4 heteroatoms. The van der Waals surface area contributed by atoms with Crippen molar-refractivity contribution < 1.29 is 14.3 Å². The van der Waals surface area contributed by atoms with E-state index >= 15 is 0 Å². The number of halogens is 1. The quantitative estimate of drug-likeness (QED) is 0.906. The van der Waals surface area contributed by atoms with Crippen molar-refractivity contribution in [2.24, 2.45) is 11.8 Å². The van der Waals surface area contributed by atoms with E-state index in [0.717, 1.165) is 18.5 Å². The van der Waals surface area contributed by atoms with Crippen LogP contribution in [0.15, 0.2) is 24.3 Å². The molecular formula is C17H24FNO2. The highest BCUT2D eigenvalue weighted by atomic mass is 19.1. The van der Waals surface area contributed by atoms with Crippen molar-refractivity contribution in [2.75, 3.05) is 13.1 Å². The van der Waals surface area contributed by atoms with Gasteiger partial charge in [-0.1, -0.05) is 19.1 Å². The lowest BCUT2D eigenvalue weighted by atomic mass is 9.97. The zero-order valence-electron chi connectivity index (χ0n) is 12.8. The molecule has 0 aromatic heterocycles. The third-order valence-electron chi connectivity index (χ3n) is 4.26. The van der Waals surface area contributed by atoms with E-state index in [-0.39, 0.29) is 29.7 Å². The summed E-state index contributed by atoms with van der Waals surface area (Å²) in [5, 5.41) is 9.58. The Kier molecular flexibility index (Phi) is 5.34. The molecule has 1 fully saturated rings. The standard InChI is InChI=1S/C17H24FNO2/c1-12(8-14-4-3-5-16(18)10-14)9-17(21)19-7-6-15(11-19)13(2)20/h3-5,10,12-13,15,20H,6-9,11H2,1-2H3. The average molecular weight is 293 g/mol. The van der Waals surface area contributed by atoms with Crippen molar-refractivity contribution in [3.63, 3.8) is 0 Å². The first-order chi connectivity index (χ1) is 9.95. The minimum Gasteiger partial charge on any atom is -0.393 e. The highest BCUT2D eigenvalue weighted by Crippen LogP contribution is 2.22. The highest BCUT2D eigenvalue weighted by molar-refractivity contribution is 5.76. The van der Waals surface area contributed by atoms with Gasteiger partial charge in [-0.25, -0.2) is 4.39 Å². The molecule has 0 radical (unpaired) electrons. The molecule has 2 rings (SSSR count). The van der Waals surface area contributed by atoms with Gasteiger partial charge in [0.2, 0.25) is 5.91 Å². The number of carbonyl (C=O) groups excluding carboxylic acids is 1. The molecule has 0 bridgehead atoms. The number of aliphatic hydroxyl groups is 1. The van der Waals surface area contributed by atoms with Crippen LogP contribution in [0.1, 0.15) is 32.3 Å². The number of carbonyl (C=O) groups is 1. The van der Waals surface area contributed by atoms with Crippen molar-refractivity contribution in [3.8, 4) is 0 Å². The zero-order valence-corrected chi connectivity index (χ0v) is 12.8. The van der Waals surface area contributed by atoms with Crippen molar-refractivity contribution in [3.05, 3.63) is 35.6 Å². The molecule has 21 heavy (non-hydrogen) atoms. The maximum atomic E-state index is 13.1. The van der Waals surface area contributed by atoms with Gasteiger partial charge in [0.15, 0.2) is 0 Å². The topological polar surface area (TPSA) is 40.5 Å². The highest BCUT2D eigenvalue weighted by Gasteiger charge is 2.29. The molecule has 3 atom stereocenters. The van der Waals surface area contributed by atoms with Crippen LogP contribution in [0.3, 0.4) is 0 Å². The summed E-state index contributed by atoms with van der Waals surface area (Å²) in [4.78, 5) is 14.1. The predicted molar refractivity (Wildman–Crippen MR) is 80.3 cm³/mol. The van der Waals surface area contributed by atoms with Gasteiger partial charge in [-0.05, 0) is 43.4 Å². The zero-order chi connectivity index (χ0) is 15.4. The van der Waals surface area contributed by atoms with E-state index < -0.39 is 0 Å². The molecule has 1 aromatic rings. The van der Waals surface area contributed by atoms with Crippen molar-refractivity contribution in [2.45, 2.75) is 39.2 Å². The summed E-state index contributed by atoms with van der Waals surface area (Å²) in [6, 6.07) is 6.55. The van der Waals surface area contributed by atoms with Gasteiger partial charge >= 0.3 is 0 Å². The second kappa shape index (κ2) is 7.03. The predicted octanol–water partition coefficient (Wildman–Crippen LogP) is 2.62. The van der Waals surface area contributed by atoms with Gasteiger partial charge in [-0.3, -0.25) is 4.79 Å². The maximum Gasteiger partial charge on any atom is 0.222 e. The van der Waals surface area contributed by atoms with E-state index in [1.165, 1.54) is 12.1 Å². The SMILES string of the molecule is CC(CC(=O)N1CCC(C(C)O)C1)Cc1cccc(F)c1. The Morgan fingerprint density at radius 3 is 2.86 bits per heavy atom. The normalized spacial score (nSPS) is 21.3. The molecule has 1 N–H and O–H groups in total. The van der Waals surface area contributed by atoms with Crippen LogP contribution in [0, 0.1) is 17.7 Å².